The van der Waals surface area contributed by atoms with Gasteiger partial charge in [0.2, 0.25) is 0 Å². The monoisotopic (exact) mass is 238 g/mol. The summed E-state index contributed by atoms with van der Waals surface area (Å²) in [4.78, 5) is 25.8. The maximum atomic E-state index is 11.4. The van der Waals surface area contributed by atoms with Crippen molar-refractivity contribution in [1.82, 2.24) is 9.80 Å². The molecule has 0 radical (unpaired) electrons. The summed E-state index contributed by atoms with van der Waals surface area (Å²) in [5.41, 5.74) is 0. The average molecular weight is 239 g/mol. The number of alkyl halides is 2. The Morgan fingerprint density at radius 2 is 1.29 bits per heavy atom. The Hall–Kier alpha value is -0.480. The van der Waals surface area contributed by atoms with Crippen LogP contribution < -0.4 is 0 Å². The molecule has 6 heteroatoms. The number of halogens is 2. The lowest BCUT2D eigenvalue weighted by Crippen LogP contribution is -2.55. The van der Waals surface area contributed by atoms with Gasteiger partial charge in [-0.2, -0.15) is 0 Å². The molecule has 2 amide bonds. The van der Waals surface area contributed by atoms with Gasteiger partial charge in [-0.1, -0.05) is 0 Å². The maximum Gasteiger partial charge on any atom is 0.312 e. The molecule has 0 aliphatic carbocycles. The summed E-state index contributed by atoms with van der Waals surface area (Å²) in [7, 11) is 0. The van der Waals surface area contributed by atoms with Crippen LogP contribution in [0.4, 0.5) is 0 Å². The van der Waals surface area contributed by atoms with Crippen molar-refractivity contribution in [2.75, 3.05) is 37.9 Å². The predicted octanol–water partition coefficient (Wildman–Crippen LogP) is 0.135. The third kappa shape index (κ3) is 2.51. The summed E-state index contributed by atoms with van der Waals surface area (Å²) in [5, 5.41) is 0. The van der Waals surface area contributed by atoms with Crippen molar-refractivity contribution in [1.29, 1.82) is 0 Å². The lowest BCUT2D eigenvalue weighted by atomic mass is 10.3. The average Bonchev–Trinajstić information content (AvgIpc) is 2.18. The summed E-state index contributed by atoms with van der Waals surface area (Å²) in [6.45, 7) is 1.96. The fraction of sp³-hybridized carbons (Fsp3) is 0.750. The van der Waals surface area contributed by atoms with Gasteiger partial charge in [-0.3, -0.25) is 9.59 Å². The fourth-order valence-corrected chi connectivity index (χ4v) is 1.75. The largest absolute Gasteiger partial charge is 0.331 e. The van der Waals surface area contributed by atoms with Crippen LogP contribution in [0.5, 0.6) is 0 Å². The number of carbonyl (C=O) groups is 2. The quantitative estimate of drug-likeness (QED) is 0.517. The van der Waals surface area contributed by atoms with Crippen LogP contribution in [-0.4, -0.2) is 59.6 Å². The van der Waals surface area contributed by atoms with Crippen LogP contribution in [0.25, 0.3) is 0 Å². The van der Waals surface area contributed by atoms with Crippen LogP contribution in [0.3, 0.4) is 0 Å². The van der Waals surface area contributed by atoms with Crippen molar-refractivity contribution in [2.45, 2.75) is 0 Å². The highest BCUT2D eigenvalue weighted by molar-refractivity contribution is 6.35. The van der Waals surface area contributed by atoms with Gasteiger partial charge in [-0.15, -0.1) is 23.2 Å². The number of nitrogens with zero attached hydrogens (tertiary/aromatic N) is 2. The minimum Gasteiger partial charge on any atom is -0.331 e. The van der Waals surface area contributed by atoms with Crippen LogP contribution >= 0.6 is 23.2 Å². The van der Waals surface area contributed by atoms with E-state index in [-0.39, 0.29) is 0 Å². The molecular formula is C8H12Cl2N2O2. The summed E-state index contributed by atoms with van der Waals surface area (Å²) < 4.78 is 0. The lowest BCUT2D eigenvalue weighted by molar-refractivity contribution is -0.155. The normalized spacial score (nSPS) is 17.9. The first-order chi connectivity index (χ1) is 6.70. The second-order valence-electron chi connectivity index (χ2n) is 2.96. The topological polar surface area (TPSA) is 40.6 Å². The Morgan fingerprint density at radius 3 is 1.57 bits per heavy atom. The minimum absolute atomic E-state index is 0.356. The van der Waals surface area contributed by atoms with Gasteiger partial charge in [0, 0.05) is 37.9 Å². The molecule has 0 aromatic rings. The third-order valence-corrected chi connectivity index (χ3v) is 2.44. The minimum atomic E-state index is -0.470. The number of piperazine rings is 1. The van der Waals surface area contributed by atoms with Gasteiger partial charge in [0.1, 0.15) is 0 Å². The third-order valence-electron chi connectivity index (χ3n) is 2.11. The summed E-state index contributed by atoms with van der Waals surface area (Å²) in [5.74, 6) is -0.229. The van der Waals surface area contributed by atoms with E-state index in [0.717, 1.165) is 0 Å². The van der Waals surface area contributed by atoms with Crippen LogP contribution in [0, 0.1) is 0 Å². The molecule has 0 saturated carbocycles. The van der Waals surface area contributed by atoms with Crippen molar-refractivity contribution in [2.24, 2.45) is 0 Å². The van der Waals surface area contributed by atoms with Gasteiger partial charge in [0.15, 0.2) is 0 Å². The first kappa shape index (κ1) is 11.6. The van der Waals surface area contributed by atoms with Crippen molar-refractivity contribution in [3.05, 3.63) is 0 Å². The highest BCUT2D eigenvalue weighted by atomic mass is 35.5. The van der Waals surface area contributed by atoms with E-state index >= 15 is 0 Å². The van der Waals surface area contributed by atoms with E-state index in [1.165, 1.54) is 9.80 Å². The molecule has 0 aromatic carbocycles. The summed E-state index contributed by atoms with van der Waals surface area (Å²) in [6.07, 6.45) is 0. The van der Waals surface area contributed by atoms with Crippen molar-refractivity contribution >= 4 is 35.0 Å². The Kier molecular flexibility index (Phi) is 4.48. The molecule has 1 aliphatic heterocycles. The highest BCUT2D eigenvalue weighted by Crippen LogP contribution is 2.05. The molecule has 0 unspecified atom stereocenters. The molecule has 0 aromatic heterocycles. The molecule has 0 N–H and O–H groups in total. The number of hydrogen-bond acceptors (Lipinski definition) is 2. The Labute approximate surface area is 92.7 Å². The lowest BCUT2D eigenvalue weighted by Gasteiger charge is -2.32. The maximum absolute atomic E-state index is 11.4. The van der Waals surface area contributed by atoms with Gasteiger partial charge in [0.05, 0.1) is 0 Å². The smallest absolute Gasteiger partial charge is 0.312 e. The van der Waals surface area contributed by atoms with Gasteiger partial charge in [-0.25, -0.2) is 0 Å². The zero-order valence-corrected chi connectivity index (χ0v) is 9.22. The van der Waals surface area contributed by atoms with E-state index < -0.39 is 11.8 Å². The van der Waals surface area contributed by atoms with Gasteiger partial charge in [0.25, 0.3) is 0 Å². The molecule has 1 saturated heterocycles. The van der Waals surface area contributed by atoms with Gasteiger partial charge in [-0.05, 0) is 0 Å². The van der Waals surface area contributed by atoms with E-state index in [4.69, 9.17) is 23.2 Å². The predicted molar refractivity (Wildman–Crippen MR) is 54.6 cm³/mol. The molecule has 0 bridgehead atoms. The van der Waals surface area contributed by atoms with Crippen molar-refractivity contribution in [3.8, 4) is 0 Å². The van der Waals surface area contributed by atoms with E-state index in [2.05, 4.69) is 0 Å². The van der Waals surface area contributed by atoms with Crippen LogP contribution in [0.15, 0.2) is 0 Å². The molecule has 0 spiro atoms. The highest BCUT2D eigenvalue weighted by Gasteiger charge is 2.31. The second-order valence-corrected chi connectivity index (χ2v) is 3.72. The number of rotatable bonds is 4. The summed E-state index contributed by atoms with van der Waals surface area (Å²) >= 11 is 11.0. The van der Waals surface area contributed by atoms with E-state index in [9.17, 15) is 9.59 Å². The van der Waals surface area contributed by atoms with E-state index in [1.807, 2.05) is 0 Å². The molecule has 1 fully saturated rings. The molecule has 1 aliphatic rings. The van der Waals surface area contributed by atoms with Crippen LogP contribution in [0.1, 0.15) is 0 Å². The first-order valence-corrected chi connectivity index (χ1v) is 5.47. The molecule has 80 valence electrons. The zero-order valence-electron chi connectivity index (χ0n) is 7.71. The van der Waals surface area contributed by atoms with Gasteiger partial charge < -0.3 is 9.80 Å². The molecule has 0 atom stereocenters. The Bertz CT molecular complexity index is 211. The SMILES string of the molecule is O=C1C(=O)N(CCCl)CCN1CCCl. The molecular weight excluding hydrogens is 227 g/mol. The van der Waals surface area contributed by atoms with E-state index in [0.29, 0.717) is 37.9 Å². The number of carbonyl (C=O) groups excluding carboxylic acids is 2. The second kappa shape index (κ2) is 5.41. The molecule has 1 rings (SSSR count). The Balaban J connectivity index is 2.55. The van der Waals surface area contributed by atoms with Crippen molar-refractivity contribution in [3.63, 3.8) is 0 Å². The Morgan fingerprint density at radius 1 is 0.929 bits per heavy atom. The van der Waals surface area contributed by atoms with Crippen molar-refractivity contribution < 1.29 is 9.59 Å². The molecule has 14 heavy (non-hydrogen) atoms. The van der Waals surface area contributed by atoms with Crippen LogP contribution in [-0.2, 0) is 9.59 Å². The fourth-order valence-electron chi connectivity index (χ4n) is 1.35. The number of amides is 2. The van der Waals surface area contributed by atoms with E-state index in [1.54, 1.807) is 0 Å². The summed E-state index contributed by atoms with van der Waals surface area (Å²) in [6, 6.07) is 0. The van der Waals surface area contributed by atoms with Gasteiger partial charge >= 0.3 is 11.8 Å². The van der Waals surface area contributed by atoms with Crippen LogP contribution in [0.2, 0.25) is 0 Å². The standard InChI is InChI=1S/C8H12Cl2N2O2/c9-1-3-11-5-6-12(4-2-10)8(14)7(11)13/h1-6H2. The zero-order chi connectivity index (χ0) is 10.6. The number of hydrogen-bond donors (Lipinski definition) is 0. The first-order valence-electron chi connectivity index (χ1n) is 4.40. The molecule has 1 heterocycles. The molecule has 4 nitrogen and oxygen atoms in total.